The van der Waals surface area contributed by atoms with E-state index in [1.54, 1.807) is 6.20 Å². The van der Waals surface area contributed by atoms with Crippen molar-refractivity contribution in [2.75, 3.05) is 37.6 Å². The molecule has 5 nitrogen and oxygen atoms in total. The number of benzene rings is 1. The van der Waals surface area contributed by atoms with Crippen LogP contribution in [0.4, 0.5) is 5.69 Å². The largest absolute Gasteiger partial charge is 0.366 e. The molecule has 0 amide bonds. The number of aryl methyl sites for hydroxylation is 1. The van der Waals surface area contributed by atoms with Gasteiger partial charge in [-0.15, -0.1) is 0 Å². The van der Waals surface area contributed by atoms with Crippen molar-refractivity contribution in [3.05, 3.63) is 57.0 Å². The van der Waals surface area contributed by atoms with Gasteiger partial charge in [-0.05, 0) is 30.4 Å². The summed E-state index contributed by atoms with van der Waals surface area (Å²) in [7, 11) is 0. The third-order valence-corrected chi connectivity index (χ3v) is 5.46. The third kappa shape index (κ3) is 4.05. The van der Waals surface area contributed by atoms with E-state index in [4.69, 9.17) is 11.6 Å². The van der Waals surface area contributed by atoms with Crippen molar-refractivity contribution in [3.8, 4) is 0 Å². The first-order valence-electron chi connectivity index (χ1n) is 8.86. The Balaban J connectivity index is 1.63. The van der Waals surface area contributed by atoms with Crippen LogP contribution in [0.1, 0.15) is 30.4 Å². The van der Waals surface area contributed by atoms with Crippen LogP contribution >= 0.6 is 11.6 Å². The van der Waals surface area contributed by atoms with E-state index in [0.717, 1.165) is 44.8 Å². The van der Waals surface area contributed by atoms with Crippen LogP contribution < -0.4 is 10.5 Å². The number of aromatic nitrogens is 2. The second kappa shape index (κ2) is 8.02. The molecule has 0 aliphatic carbocycles. The SMILES string of the molecule is CC[C@@H](CN1CCN(c2cn[nH]c(=O)c2Cl)CC1)c1ccccc1C. The Morgan fingerprint density at radius 3 is 2.64 bits per heavy atom. The number of aromatic amines is 1. The van der Waals surface area contributed by atoms with Gasteiger partial charge in [-0.2, -0.15) is 5.10 Å². The smallest absolute Gasteiger partial charge is 0.285 e. The van der Waals surface area contributed by atoms with E-state index in [1.807, 2.05) is 0 Å². The minimum Gasteiger partial charge on any atom is -0.366 e. The van der Waals surface area contributed by atoms with Crippen LogP contribution in [0.3, 0.4) is 0 Å². The zero-order chi connectivity index (χ0) is 17.8. The highest BCUT2D eigenvalue weighted by Gasteiger charge is 2.23. The topological polar surface area (TPSA) is 52.2 Å². The van der Waals surface area contributed by atoms with Gasteiger partial charge in [0.25, 0.3) is 5.56 Å². The van der Waals surface area contributed by atoms with Crippen LogP contribution in [-0.2, 0) is 0 Å². The molecule has 2 heterocycles. The number of hydrogen-bond acceptors (Lipinski definition) is 4. The van der Waals surface area contributed by atoms with Crippen molar-refractivity contribution in [1.29, 1.82) is 0 Å². The van der Waals surface area contributed by atoms with Crippen LogP contribution in [0.25, 0.3) is 0 Å². The number of H-pyrrole nitrogens is 1. The molecule has 3 rings (SSSR count). The van der Waals surface area contributed by atoms with E-state index in [9.17, 15) is 4.79 Å². The molecule has 1 aromatic heterocycles. The summed E-state index contributed by atoms with van der Waals surface area (Å²) in [5, 5.41) is 6.47. The number of rotatable bonds is 5. The van der Waals surface area contributed by atoms with E-state index < -0.39 is 0 Å². The average molecular weight is 361 g/mol. The van der Waals surface area contributed by atoms with Crippen LogP contribution in [0.2, 0.25) is 5.02 Å². The van der Waals surface area contributed by atoms with Gasteiger partial charge in [-0.3, -0.25) is 9.69 Å². The first-order chi connectivity index (χ1) is 12.1. The van der Waals surface area contributed by atoms with Gasteiger partial charge in [0.05, 0.1) is 11.9 Å². The Labute approximate surface area is 153 Å². The lowest BCUT2D eigenvalue weighted by Crippen LogP contribution is -2.48. The maximum absolute atomic E-state index is 11.6. The van der Waals surface area contributed by atoms with Gasteiger partial charge in [-0.1, -0.05) is 42.8 Å². The minimum atomic E-state index is -0.327. The van der Waals surface area contributed by atoms with E-state index in [1.165, 1.54) is 11.1 Å². The maximum atomic E-state index is 11.6. The average Bonchev–Trinajstić information content (AvgIpc) is 2.63. The lowest BCUT2D eigenvalue weighted by molar-refractivity contribution is 0.240. The van der Waals surface area contributed by atoms with Gasteiger partial charge >= 0.3 is 0 Å². The van der Waals surface area contributed by atoms with Crippen LogP contribution in [0.15, 0.2) is 35.3 Å². The Bertz CT molecular complexity index is 768. The highest BCUT2D eigenvalue weighted by molar-refractivity contribution is 6.32. The number of nitrogens with one attached hydrogen (secondary N) is 1. The molecule has 1 fully saturated rings. The minimum absolute atomic E-state index is 0.231. The number of halogens is 1. The molecule has 134 valence electrons. The van der Waals surface area contributed by atoms with E-state index in [2.05, 4.69) is 58.1 Å². The van der Waals surface area contributed by atoms with Crippen molar-refractivity contribution in [1.82, 2.24) is 15.1 Å². The quantitative estimate of drug-likeness (QED) is 0.890. The normalized spacial score (nSPS) is 16.8. The molecule has 0 unspecified atom stereocenters. The van der Waals surface area contributed by atoms with Crippen molar-refractivity contribution in [2.45, 2.75) is 26.2 Å². The van der Waals surface area contributed by atoms with Crippen molar-refractivity contribution >= 4 is 17.3 Å². The van der Waals surface area contributed by atoms with Crippen molar-refractivity contribution in [2.24, 2.45) is 0 Å². The molecule has 1 N–H and O–H groups in total. The second-order valence-electron chi connectivity index (χ2n) is 6.65. The number of anilines is 1. The van der Waals surface area contributed by atoms with Crippen LogP contribution in [0, 0.1) is 6.92 Å². The number of nitrogens with zero attached hydrogens (tertiary/aromatic N) is 3. The van der Waals surface area contributed by atoms with Crippen molar-refractivity contribution < 1.29 is 0 Å². The first-order valence-corrected chi connectivity index (χ1v) is 9.24. The standard InChI is InChI=1S/C19H25ClN4O/c1-3-15(16-7-5-4-6-14(16)2)13-23-8-10-24(11-9-23)17-12-21-22-19(25)18(17)20/h4-7,12,15H,3,8-11,13H2,1-2H3,(H,22,25)/t15-/m0/s1. The highest BCUT2D eigenvalue weighted by Crippen LogP contribution is 2.26. The Hall–Kier alpha value is -1.85. The second-order valence-corrected chi connectivity index (χ2v) is 7.03. The summed E-state index contributed by atoms with van der Waals surface area (Å²) >= 11 is 6.13. The van der Waals surface area contributed by atoms with E-state index in [-0.39, 0.29) is 10.6 Å². The summed E-state index contributed by atoms with van der Waals surface area (Å²) < 4.78 is 0. The molecule has 6 heteroatoms. The van der Waals surface area contributed by atoms with E-state index in [0.29, 0.717) is 5.92 Å². The molecule has 0 bridgehead atoms. The monoisotopic (exact) mass is 360 g/mol. The van der Waals surface area contributed by atoms with Gasteiger partial charge in [-0.25, -0.2) is 5.10 Å². The van der Waals surface area contributed by atoms with Gasteiger partial charge in [0.15, 0.2) is 0 Å². The summed E-state index contributed by atoms with van der Waals surface area (Å²) in [6.45, 7) is 9.16. The lowest BCUT2D eigenvalue weighted by atomic mass is 9.92. The molecular formula is C19H25ClN4O. The summed E-state index contributed by atoms with van der Waals surface area (Å²) in [6, 6.07) is 8.67. The fraction of sp³-hybridized carbons (Fsp3) is 0.474. The molecular weight excluding hydrogens is 336 g/mol. The Morgan fingerprint density at radius 2 is 1.96 bits per heavy atom. The summed E-state index contributed by atoms with van der Waals surface area (Å²) in [4.78, 5) is 16.3. The molecule has 2 aromatic rings. The predicted octanol–water partition coefficient (Wildman–Crippen LogP) is 3.05. The first kappa shape index (κ1) is 18.0. The molecule has 1 atom stereocenters. The van der Waals surface area contributed by atoms with Gasteiger partial charge in [0.2, 0.25) is 0 Å². The fourth-order valence-corrected chi connectivity index (χ4v) is 3.78. The number of piperazine rings is 1. The molecule has 0 radical (unpaired) electrons. The lowest BCUT2D eigenvalue weighted by Gasteiger charge is -2.37. The summed E-state index contributed by atoms with van der Waals surface area (Å²) in [5.74, 6) is 0.553. The van der Waals surface area contributed by atoms with Crippen LogP contribution in [0.5, 0.6) is 0 Å². The molecule has 0 spiro atoms. The van der Waals surface area contributed by atoms with E-state index >= 15 is 0 Å². The molecule has 1 saturated heterocycles. The molecule has 1 aliphatic rings. The van der Waals surface area contributed by atoms with Crippen LogP contribution in [-0.4, -0.2) is 47.8 Å². The molecule has 25 heavy (non-hydrogen) atoms. The Kier molecular flexibility index (Phi) is 5.76. The third-order valence-electron chi connectivity index (χ3n) is 5.09. The zero-order valence-electron chi connectivity index (χ0n) is 14.8. The van der Waals surface area contributed by atoms with Gasteiger partial charge < -0.3 is 4.90 Å². The zero-order valence-corrected chi connectivity index (χ0v) is 15.6. The fourth-order valence-electron chi connectivity index (χ4n) is 3.57. The van der Waals surface area contributed by atoms with Gasteiger partial charge in [0.1, 0.15) is 5.02 Å². The predicted molar refractivity (Wildman–Crippen MR) is 103 cm³/mol. The van der Waals surface area contributed by atoms with Gasteiger partial charge in [0, 0.05) is 32.7 Å². The molecule has 1 aromatic carbocycles. The summed E-state index contributed by atoms with van der Waals surface area (Å²) in [5.41, 5.74) is 3.23. The van der Waals surface area contributed by atoms with Crippen molar-refractivity contribution in [3.63, 3.8) is 0 Å². The molecule has 0 saturated carbocycles. The highest BCUT2D eigenvalue weighted by atomic mass is 35.5. The maximum Gasteiger partial charge on any atom is 0.285 e. The Morgan fingerprint density at radius 1 is 1.24 bits per heavy atom. The molecule has 1 aliphatic heterocycles. The number of hydrogen-bond donors (Lipinski definition) is 1. The summed E-state index contributed by atoms with van der Waals surface area (Å²) in [6.07, 6.45) is 2.77.